The van der Waals surface area contributed by atoms with Crippen molar-refractivity contribution in [3.63, 3.8) is 0 Å². The standard InChI is InChI=1S/C14H10FN3O/c1-18(13-6-5-10(8-16)9-17-13)14(19)11-3-2-4-12(15)7-11/h2-7,9H,1H3. The summed E-state index contributed by atoms with van der Waals surface area (Å²) in [6, 6.07) is 10.5. The average Bonchev–Trinajstić information content (AvgIpc) is 2.46. The average molecular weight is 255 g/mol. The van der Waals surface area contributed by atoms with Crippen molar-refractivity contribution in [1.29, 1.82) is 5.26 Å². The van der Waals surface area contributed by atoms with Crippen molar-refractivity contribution in [2.24, 2.45) is 0 Å². The highest BCUT2D eigenvalue weighted by atomic mass is 19.1. The van der Waals surface area contributed by atoms with Crippen molar-refractivity contribution in [3.05, 3.63) is 59.5 Å². The summed E-state index contributed by atoms with van der Waals surface area (Å²) in [6.07, 6.45) is 1.38. The molecule has 19 heavy (non-hydrogen) atoms. The zero-order chi connectivity index (χ0) is 13.8. The maximum Gasteiger partial charge on any atom is 0.259 e. The number of rotatable bonds is 2. The van der Waals surface area contributed by atoms with Gasteiger partial charge in [-0.1, -0.05) is 6.07 Å². The smallest absolute Gasteiger partial charge is 0.259 e. The van der Waals surface area contributed by atoms with Crippen LogP contribution < -0.4 is 4.90 Å². The fraction of sp³-hybridized carbons (Fsp3) is 0.0714. The van der Waals surface area contributed by atoms with E-state index < -0.39 is 5.82 Å². The number of carbonyl (C=O) groups excluding carboxylic acids is 1. The number of pyridine rings is 1. The number of aromatic nitrogens is 1. The Morgan fingerprint density at radius 1 is 1.37 bits per heavy atom. The molecule has 4 nitrogen and oxygen atoms in total. The van der Waals surface area contributed by atoms with E-state index in [-0.39, 0.29) is 11.5 Å². The van der Waals surface area contributed by atoms with Crippen LogP contribution in [0, 0.1) is 17.1 Å². The van der Waals surface area contributed by atoms with Gasteiger partial charge in [0.15, 0.2) is 0 Å². The number of amides is 1. The van der Waals surface area contributed by atoms with Gasteiger partial charge in [-0.25, -0.2) is 9.37 Å². The maximum absolute atomic E-state index is 13.1. The molecule has 1 aromatic carbocycles. The first-order valence-corrected chi connectivity index (χ1v) is 5.51. The third-order valence-electron chi connectivity index (χ3n) is 2.60. The largest absolute Gasteiger partial charge is 0.296 e. The first-order chi connectivity index (χ1) is 9.11. The Labute approximate surface area is 109 Å². The van der Waals surface area contributed by atoms with Gasteiger partial charge in [-0.05, 0) is 30.3 Å². The molecule has 0 spiro atoms. The number of benzene rings is 1. The summed E-state index contributed by atoms with van der Waals surface area (Å²) in [6.45, 7) is 0. The molecule has 5 heteroatoms. The second-order valence-corrected chi connectivity index (χ2v) is 3.89. The van der Waals surface area contributed by atoms with E-state index in [1.54, 1.807) is 19.2 Å². The monoisotopic (exact) mass is 255 g/mol. The summed E-state index contributed by atoms with van der Waals surface area (Å²) >= 11 is 0. The van der Waals surface area contributed by atoms with Crippen LogP contribution in [0.15, 0.2) is 42.6 Å². The second kappa shape index (κ2) is 5.27. The van der Waals surface area contributed by atoms with Gasteiger partial charge in [-0.3, -0.25) is 9.69 Å². The highest BCUT2D eigenvalue weighted by molar-refractivity contribution is 6.05. The molecule has 0 bridgehead atoms. The lowest BCUT2D eigenvalue weighted by Crippen LogP contribution is -2.27. The third kappa shape index (κ3) is 2.75. The zero-order valence-corrected chi connectivity index (χ0v) is 10.2. The molecule has 0 unspecified atom stereocenters. The molecule has 2 rings (SSSR count). The quantitative estimate of drug-likeness (QED) is 0.827. The van der Waals surface area contributed by atoms with Crippen molar-refractivity contribution in [2.75, 3.05) is 11.9 Å². The normalized spacial score (nSPS) is 9.74. The van der Waals surface area contributed by atoms with Crippen molar-refractivity contribution in [1.82, 2.24) is 4.98 Å². The van der Waals surface area contributed by atoms with Gasteiger partial charge in [-0.2, -0.15) is 5.26 Å². The van der Waals surface area contributed by atoms with E-state index in [9.17, 15) is 9.18 Å². The molecule has 0 fully saturated rings. The molecule has 0 atom stereocenters. The molecule has 0 radical (unpaired) electrons. The highest BCUT2D eigenvalue weighted by Gasteiger charge is 2.14. The van der Waals surface area contributed by atoms with Gasteiger partial charge < -0.3 is 0 Å². The number of hydrogen-bond donors (Lipinski definition) is 0. The van der Waals surface area contributed by atoms with Crippen LogP contribution >= 0.6 is 0 Å². The van der Waals surface area contributed by atoms with Crippen LogP contribution in [0.1, 0.15) is 15.9 Å². The third-order valence-corrected chi connectivity index (χ3v) is 2.60. The number of hydrogen-bond acceptors (Lipinski definition) is 3. The van der Waals surface area contributed by atoms with E-state index in [0.717, 1.165) is 0 Å². The molecule has 94 valence electrons. The Morgan fingerprint density at radius 2 is 2.16 bits per heavy atom. The van der Waals surface area contributed by atoms with E-state index in [1.807, 2.05) is 6.07 Å². The van der Waals surface area contributed by atoms with Gasteiger partial charge in [0.2, 0.25) is 0 Å². The van der Waals surface area contributed by atoms with E-state index in [4.69, 9.17) is 5.26 Å². The molecule has 0 saturated heterocycles. The molecule has 1 aromatic heterocycles. The summed E-state index contributed by atoms with van der Waals surface area (Å²) in [5.41, 5.74) is 0.656. The van der Waals surface area contributed by atoms with Gasteiger partial charge in [0, 0.05) is 18.8 Å². The predicted octanol–water partition coefficient (Wildman–Crippen LogP) is 2.37. The van der Waals surface area contributed by atoms with E-state index in [1.165, 1.54) is 35.4 Å². The van der Waals surface area contributed by atoms with E-state index in [2.05, 4.69) is 4.98 Å². The van der Waals surface area contributed by atoms with Crippen LogP contribution in [0.4, 0.5) is 10.2 Å². The Kier molecular flexibility index (Phi) is 3.53. The molecule has 1 heterocycles. The van der Waals surface area contributed by atoms with Crippen LogP contribution in [-0.4, -0.2) is 17.9 Å². The van der Waals surface area contributed by atoms with Crippen molar-refractivity contribution in [3.8, 4) is 6.07 Å². The van der Waals surface area contributed by atoms with Crippen LogP contribution in [0.25, 0.3) is 0 Å². The summed E-state index contributed by atoms with van der Waals surface area (Å²) < 4.78 is 13.1. The lowest BCUT2D eigenvalue weighted by molar-refractivity contribution is 0.0992. The first-order valence-electron chi connectivity index (χ1n) is 5.51. The Hall–Kier alpha value is -2.74. The first kappa shape index (κ1) is 12.7. The van der Waals surface area contributed by atoms with Crippen molar-refractivity contribution in [2.45, 2.75) is 0 Å². The molecule has 0 aliphatic heterocycles. The lowest BCUT2D eigenvalue weighted by Gasteiger charge is -2.16. The van der Waals surface area contributed by atoms with Crippen LogP contribution in [-0.2, 0) is 0 Å². The van der Waals surface area contributed by atoms with Crippen LogP contribution in [0.2, 0.25) is 0 Å². The van der Waals surface area contributed by atoms with Crippen molar-refractivity contribution >= 4 is 11.7 Å². The van der Waals surface area contributed by atoms with Gasteiger partial charge >= 0.3 is 0 Å². The Bertz CT molecular complexity index is 646. The molecular formula is C14H10FN3O. The fourth-order valence-electron chi connectivity index (χ4n) is 1.57. The summed E-state index contributed by atoms with van der Waals surface area (Å²) in [4.78, 5) is 17.4. The fourth-order valence-corrected chi connectivity index (χ4v) is 1.57. The number of nitriles is 1. The maximum atomic E-state index is 13.1. The minimum Gasteiger partial charge on any atom is -0.296 e. The Morgan fingerprint density at radius 3 is 2.74 bits per heavy atom. The summed E-state index contributed by atoms with van der Waals surface area (Å²) in [5.74, 6) is -0.433. The van der Waals surface area contributed by atoms with E-state index >= 15 is 0 Å². The number of nitrogens with zero attached hydrogens (tertiary/aromatic N) is 3. The SMILES string of the molecule is CN(C(=O)c1cccc(F)c1)c1ccc(C#N)cn1. The minimum absolute atomic E-state index is 0.244. The van der Waals surface area contributed by atoms with E-state index in [0.29, 0.717) is 11.4 Å². The number of anilines is 1. The molecular weight excluding hydrogens is 245 g/mol. The molecule has 2 aromatic rings. The van der Waals surface area contributed by atoms with Crippen LogP contribution in [0.3, 0.4) is 0 Å². The summed E-state index contributed by atoms with van der Waals surface area (Å²) in [5, 5.41) is 8.67. The van der Waals surface area contributed by atoms with Crippen LogP contribution in [0.5, 0.6) is 0 Å². The van der Waals surface area contributed by atoms with Crippen molar-refractivity contribution < 1.29 is 9.18 Å². The zero-order valence-electron chi connectivity index (χ0n) is 10.2. The molecule has 0 aliphatic carbocycles. The van der Waals surface area contributed by atoms with Gasteiger partial charge in [0.1, 0.15) is 17.7 Å². The minimum atomic E-state index is -0.466. The number of carbonyl (C=O) groups is 1. The highest BCUT2D eigenvalue weighted by Crippen LogP contribution is 2.13. The molecule has 0 N–H and O–H groups in total. The van der Waals surface area contributed by atoms with Gasteiger partial charge in [0.25, 0.3) is 5.91 Å². The molecule has 0 saturated carbocycles. The lowest BCUT2D eigenvalue weighted by atomic mass is 10.2. The molecule has 1 amide bonds. The number of halogens is 1. The second-order valence-electron chi connectivity index (χ2n) is 3.89. The Balaban J connectivity index is 2.26. The van der Waals surface area contributed by atoms with Gasteiger partial charge in [-0.15, -0.1) is 0 Å². The molecule has 0 aliphatic rings. The summed E-state index contributed by atoms with van der Waals surface area (Å²) in [7, 11) is 1.54. The predicted molar refractivity (Wildman–Crippen MR) is 68.1 cm³/mol. The van der Waals surface area contributed by atoms with Gasteiger partial charge in [0.05, 0.1) is 5.56 Å². The topological polar surface area (TPSA) is 57.0 Å².